The second-order valence-electron chi connectivity index (χ2n) is 3.86. The number of ether oxygens (including phenoxy) is 1. The highest BCUT2D eigenvalue weighted by Gasteiger charge is 2.13. The van der Waals surface area contributed by atoms with Crippen molar-refractivity contribution in [3.63, 3.8) is 0 Å². The van der Waals surface area contributed by atoms with Crippen molar-refractivity contribution in [1.29, 1.82) is 0 Å². The smallest absolute Gasteiger partial charge is 0.256 e. The Bertz CT molecular complexity index is 614. The van der Waals surface area contributed by atoms with Crippen molar-refractivity contribution >= 4 is 33.2 Å². The van der Waals surface area contributed by atoms with Crippen molar-refractivity contribution in [2.75, 3.05) is 18.2 Å². The summed E-state index contributed by atoms with van der Waals surface area (Å²) in [4.78, 5) is 12.2. The molecule has 3 N–H and O–H groups in total. The molecule has 0 saturated carbocycles. The van der Waals surface area contributed by atoms with Gasteiger partial charge in [-0.25, -0.2) is 0 Å². The van der Waals surface area contributed by atoms with Gasteiger partial charge in [0.25, 0.3) is 5.91 Å². The van der Waals surface area contributed by atoms with Gasteiger partial charge in [0.05, 0.1) is 22.8 Å². The Hall–Kier alpha value is -2.01. The van der Waals surface area contributed by atoms with E-state index in [2.05, 4.69) is 21.2 Å². The zero-order valence-corrected chi connectivity index (χ0v) is 11.9. The number of nitrogen functional groups attached to an aromatic ring is 1. The second kappa shape index (κ2) is 5.75. The van der Waals surface area contributed by atoms with Gasteiger partial charge in [-0.05, 0) is 40.2 Å². The Kier molecular flexibility index (Phi) is 4.06. The molecule has 0 bridgehead atoms. The SMILES string of the molecule is COc1ccccc1NC(=O)c1cccc(N)c1Br. The van der Waals surface area contributed by atoms with Crippen LogP contribution in [0.3, 0.4) is 0 Å². The summed E-state index contributed by atoms with van der Waals surface area (Å²) in [6.07, 6.45) is 0. The van der Waals surface area contributed by atoms with Crippen molar-refractivity contribution in [1.82, 2.24) is 0 Å². The molecule has 0 atom stereocenters. The van der Waals surface area contributed by atoms with E-state index >= 15 is 0 Å². The monoisotopic (exact) mass is 320 g/mol. The van der Waals surface area contributed by atoms with Crippen LogP contribution in [0.25, 0.3) is 0 Å². The van der Waals surface area contributed by atoms with Gasteiger partial charge in [-0.3, -0.25) is 4.79 Å². The number of nitrogens with one attached hydrogen (secondary N) is 1. The molecule has 0 heterocycles. The number of hydrogen-bond acceptors (Lipinski definition) is 3. The van der Waals surface area contributed by atoms with Crippen LogP contribution in [0.2, 0.25) is 0 Å². The van der Waals surface area contributed by atoms with E-state index in [4.69, 9.17) is 10.5 Å². The maximum atomic E-state index is 12.2. The topological polar surface area (TPSA) is 64.3 Å². The molecule has 1 amide bonds. The fraction of sp³-hybridized carbons (Fsp3) is 0.0714. The molecule has 2 rings (SSSR count). The molecule has 0 saturated heterocycles. The van der Waals surface area contributed by atoms with Crippen LogP contribution < -0.4 is 15.8 Å². The van der Waals surface area contributed by atoms with Crippen molar-refractivity contribution in [2.45, 2.75) is 0 Å². The van der Waals surface area contributed by atoms with Crippen LogP contribution in [0.15, 0.2) is 46.9 Å². The molecular weight excluding hydrogens is 308 g/mol. The first-order valence-electron chi connectivity index (χ1n) is 5.62. The second-order valence-corrected chi connectivity index (χ2v) is 4.66. The number of amides is 1. The van der Waals surface area contributed by atoms with Crippen molar-refractivity contribution in [3.8, 4) is 5.75 Å². The molecule has 4 nitrogen and oxygen atoms in total. The van der Waals surface area contributed by atoms with E-state index in [1.807, 2.05) is 12.1 Å². The molecular formula is C14H13BrN2O2. The largest absolute Gasteiger partial charge is 0.495 e. The van der Waals surface area contributed by atoms with Gasteiger partial charge in [-0.1, -0.05) is 18.2 Å². The highest BCUT2D eigenvalue weighted by Crippen LogP contribution is 2.27. The first-order valence-corrected chi connectivity index (χ1v) is 6.41. The van der Waals surface area contributed by atoms with E-state index in [-0.39, 0.29) is 5.91 Å². The molecule has 0 aliphatic heterocycles. The number of rotatable bonds is 3. The fourth-order valence-electron chi connectivity index (χ4n) is 1.66. The molecule has 0 aliphatic carbocycles. The fourth-order valence-corrected chi connectivity index (χ4v) is 2.11. The first-order chi connectivity index (χ1) is 9.13. The zero-order valence-electron chi connectivity index (χ0n) is 10.3. The summed E-state index contributed by atoms with van der Waals surface area (Å²) >= 11 is 3.31. The lowest BCUT2D eigenvalue weighted by atomic mass is 10.2. The van der Waals surface area contributed by atoms with Crippen LogP contribution in [0.4, 0.5) is 11.4 Å². The number of nitrogens with two attached hydrogens (primary N) is 1. The Morgan fingerprint density at radius 1 is 1.21 bits per heavy atom. The predicted octanol–water partition coefficient (Wildman–Crippen LogP) is 3.29. The third-order valence-corrected chi connectivity index (χ3v) is 3.51. The van der Waals surface area contributed by atoms with Gasteiger partial charge in [0, 0.05) is 5.69 Å². The number of carbonyl (C=O) groups excluding carboxylic acids is 1. The van der Waals surface area contributed by atoms with E-state index in [1.165, 1.54) is 0 Å². The van der Waals surface area contributed by atoms with E-state index in [0.717, 1.165) is 0 Å². The lowest BCUT2D eigenvalue weighted by Crippen LogP contribution is -2.13. The lowest BCUT2D eigenvalue weighted by Gasteiger charge is -2.11. The van der Waals surface area contributed by atoms with Gasteiger partial charge in [-0.15, -0.1) is 0 Å². The van der Waals surface area contributed by atoms with Crippen LogP contribution in [0, 0.1) is 0 Å². The molecule has 0 aliphatic rings. The third kappa shape index (κ3) is 2.88. The maximum Gasteiger partial charge on any atom is 0.256 e. The van der Waals surface area contributed by atoms with Crippen molar-refractivity contribution in [3.05, 3.63) is 52.5 Å². The molecule has 0 fully saturated rings. The van der Waals surface area contributed by atoms with Crippen LogP contribution >= 0.6 is 15.9 Å². The van der Waals surface area contributed by atoms with E-state index < -0.39 is 0 Å². The summed E-state index contributed by atoms with van der Waals surface area (Å²) in [5.74, 6) is 0.361. The normalized spacial score (nSPS) is 10.0. The summed E-state index contributed by atoms with van der Waals surface area (Å²) in [6, 6.07) is 12.4. The maximum absolute atomic E-state index is 12.2. The number of halogens is 1. The highest BCUT2D eigenvalue weighted by molar-refractivity contribution is 9.10. The molecule has 19 heavy (non-hydrogen) atoms. The lowest BCUT2D eigenvalue weighted by molar-refractivity contribution is 0.102. The van der Waals surface area contributed by atoms with E-state index in [0.29, 0.717) is 27.2 Å². The molecule has 0 spiro atoms. The molecule has 5 heteroatoms. The number of benzene rings is 2. The van der Waals surface area contributed by atoms with Gasteiger partial charge in [0.1, 0.15) is 5.75 Å². The minimum atomic E-state index is -0.247. The average Bonchev–Trinajstić information content (AvgIpc) is 2.42. The van der Waals surface area contributed by atoms with E-state index in [9.17, 15) is 4.79 Å². The Morgan fingerprint density at radius 3 is 2.68 bits per heavy atom. The van der Waals surface area contributed by atoms with Crippen molar-refractivity contribution < 1.29 is 9.53 Å². The van der Waals surface area contributed by atoms with Gasteiger partial charge in [0.15, 0.2) is 0 Å². The summed E-state index contributed by atoms with van der Waals surface area (Å²) in [6.45, 7) is 0. The number of anilines is 2. The Labute approximate surface area is 119 Å². The number of carbonyl (C=O) groups is 1. The van der Waals surface area contributed by atoms with Gasteiger partial charge >= 0.3 is 0 Å². The third-order valence-electron chi connectivity index (χ3n) is 2.63. The van der Waals surface area contributed by atoms with Crippen LogP contribution in [-0.2, 0) is 0 Å². The van der Waals surface area contributed by atoms with Gasteiger partial charge in [-0.2, -0.15) is 0 Å². The molecule has 0 aromatic heterocycles. The molecule has 2 aromatic carbocycles. The quantitative estimate of drug-likeness (QED) is 0.853. The number of para-hydroxylation sites is 2. The Balaban J connectivity index is 2.28. The molecule has 0 radical (unpaired) electrons. The van der Waals surface area contributed by atoms with Gasteiger partial charge in [0.2, 0.25) is 0 Å². The minimum Gasteiger partial charge on any atom is -0.495 e. The summed E-state index contributed by atoms with van der Waals surface area (Å²) in [5.41, 5.74) is 7.37. The summed E-state index contributed by atoms with van der Waals surface area (Å²) in [5, 5.41) is 2.80. The first kappa shape index (κ1) is 13.4. The van der Waals surface area contributed by atoms with Crippen LogP contribution in [-0.4, -0.2) is 13.0 Å². The molecule has 2 aromatic rings. The van der Waals surface area contributed by atoms with Crippen LogP contribution in [0.1, 0.15) is 10.4 Å². The highest BCUT2D eigenvalue weighted by atomic mass is 79.9. The minimum absolute atomic E-state index is 0.247. The summed E-state index contributed by atoms with van der Waals surface area (Å²) < 4.78 is 5.77. The molecule has 98 valence electrons. The molecule has 0 unspecified atom stereocenters. The standard InChI is InChI=1S/C14H13BrN2O2/c1-19-12-8-3-2-7-11(12)17-14(18)9-5-4-6-10(16)13(9)15/h2-8H,16H2,1H3,(H,17,18). The Morgan fingerprint density at radius 2 is 1.95 bits per heavy atom. The average molecular weight is 321 g/mol. The summed E-state index contributed by atoms with van der Waals surface area (Å²) in [7, 11) is 1.56. The zero-order chi connectivity index (χ0) is 13.8. The predicted molar refractivity (Wildman–Crippen MR) is 79.5 cm³/mol. The number of hydrogen-bond donors (Lipinski definition) is 2. The van der Waals surface area contributed by atoms with E-state index in [1.54, 1.807) is 37.4 Å². The number of methoxy groups -OCH3 is 1. The van der Waals surface area contributed by atoms with Gasteiger partial charge < -0.3 is 15.8 Å². The van der Waals surface area contributed by atoms with Crippen LogP contribution in [0.5, 0.6) is 5.75 Å². The van der Waals surface area contributed by atoms with Crippen molar-refractivity contribution in [2.24, 2.45) is 0 Å².